The molecule has 1 aromatic carbocycles. The van der Waals surface area contributed by atoms with Crippen molar-refractivity contribution < 1.29 is 9.13 Å². The minimum Gasteiger partial charge on any atom is -0.373 e. The number of hydrogen-bond donors (Lipinski definition) is 0. The highest BCUT2D eigenvalue weighted by Crippen LogP contribution is 2.39. The molecule has 0 aromatic heterocycles. The van der Waals surface area contributed by atoms with Crippen LogP contribution >= 0.6 is 27.5 Å². The average molecular weight is 294 g/mol. The highest BCUT2D eigenvalue weighted by atomic mass is 79.9. The summed E-state index contributed by atoms with van der Waals surface area (Å²) in [7, 11) is 0. The summed E-state index contributed by atoms with van der Waals surface area (Å²) >= 11 is 9.10. The summed E-state index contributed by atoms with van der Waals surface area (Å²) in [4.78, 5) is 0. The van der Waals surface area contributed by atoms with Gasteiger partial charge in [0.1, 0.15) is 5.82 Å². The molecular formula is C11H11BrClFO. The summed E-state index contributed by atoms with van der Waals surface area (Å²) in [5.74, 6) is 0.578. The van der Waals surface area contributed by atoms with E-state index < -0.39 is 0 Å². The highest BCUT2D eigenvalue weighted by Gasteiger charge is 2.30. The van der Waals surface area contributed by atoms with E-state index in [9.17, 15) is 4.39 Å². The molecule has 1 fully saturated rings. The summed E-state index contributed by atoms with van der Waals surface area (Å²) in [6.45, 7) is 0.699. The van der Waals surface area contributed by atoms with Gasteiger partial charge in [-0.25, -0.2) is 4.39 Å². The van der Waals surface area contributed by atoms with Crippen LogP contribution in [-0.4, -0.2) is 12.5 Å². The zero-order valence-corrected chi connectivity index (χ0v) is 10.4. The highest BCUT2D eigenvalue weighted by molar-refractivity contribution is 9.10. The molecule has 4 heteroatoms. The van der Waals surface area contributed by atoms with Crippen molar-refractivity contribution >= 4 is 27.5 Å². The second-order valence-corrected chi connectivity index (χ2v) is 4.74. The van der Waals surface area contributed by atoms with Gasteiger partial charge in [-0.1, -0.05) is 12.1 Å². The molecule has 82 valence electrons. The van der Waals surface area contributed by atoms with Crippen LogP contribution in [-0.2, 0) is 4.74 Å². The van der Waals surface area contributed by atoms with Gasteiger partial charge in [-0.3, -0.25) is 0 Å². The first-order valence-corrected chi connectivity index (χ1v) is 6.18. The van der Waals surface area contributed by atoms with Crippen LogP contribution in [0.4, 0.5) is 4.39 Å². The van der Waals surface area contributed by atoms with Crippen LogP contribution in [0, 0.1) is 11.7 Å². The van der Waals surface area contributed by atoms with Crippen LogP contribution in [0.2, 0.25) is 0 Å². The lowest BCUT2D eigenvalue weighted by atomic mass is 9.97. The number of alkyl halides is 1. The first kappa shape index (κ1) is 11.4. The summed E-state index contributed by atoms with van der Waals surface area (Å²) in [5.41, 5.74) is 0.859. The topological polar surface area (TPSA) is 9.23 Å². The molecule has 1 nitrogen and oxygen atoms in total. The number of ether oxygens (including phenoxy) is 1. The lowest BCUT2D eigenvalue weighted by molar-refractivity contribution is 0.0943. The second-order valence-electron chi connectivity index (χ2n) is 3.64. The van der Waals surface area contributed by atoms with Crippen molar-refractivity contribution in [2.75, 3.05) is 12.5 Å². The third kappa shape index (κ3) is 2.19. The van der Waals surface area contributed by atoms with Crippen LogP contribution in [0.3, 0.4) is 0 Å². The van der Waals surface area contributed by atoms with E-state index in [1.165, 1.54) is 6.07 Å². The van der Waals surface area contributed by atoms with Gasteiger partial charge in [-0.2, -0.15) is 0 Å². The monoisotopic (exact) mass is 292 g/mol. The summed E-state index contributed by atoms with van der Waals surface area (Å²) in [6.07, 6.45) is 0.865. The van der Waals surface area contributed by atoms with Gasteiger partial charge in [0.05, 0.1) is 10.6 Å². The van der Waals surface area contributed by atoms with Crippen molar-refractivity contribution in [1.29, 1.82) is 0 Å². The molecule has 0 aliphatic carbocycles. The van der Waals surface area contributed by atoms with E-state index >= 15 is 0 Å². The Morgan fingerprint density at radius 2 is 2.33 bits per heavy atom. The van der Waals surface area contributed by atoms with Crippen LogP contribution < -0.4 is 0 Å². The van der Waals surface area contributed by atoms with E-state index in [4.69, 9.17) is 16.3 Å². The van der Waals surface area contributed by atoms with E-state index in [0.29, 0.717) is 17.0 Å². The maximum absolute atomic E-state index is 13.3. The van der Waals surface area contributed by atoms with Gasteiger partial charge in [0, 0.05) is 18.4 Å². The van der Waals surface area contributed by atoms with Gasteiger partial charge in [0.25, 0.3) is 0 Å². The fourth-order valence-corrected chi connectivity index (χ4v) is 2.68. The zero-order chi connectivity index (χ0) is 10.8. The van der Waals surface area contributed by atoms with Crippen molar-refractivity contribution in [3.8, 4) is 0 Å². The lowest BCUT2D eigenvalue weighted by Gasteiger charge is -2.18. The molecule has 0 N–H and O–H groups in total. The Bertz CT molecular complexity index is 358. The van der Waals surface area contributed by atoms with Crippen molar-refractivity contribution in [2.24, 2.45) is 5.92 Å². The number of benzene rings is 1. The van der Waals surface area contributed by atoms with E-state index in [0.717, 1.165) is 12.0 Å². The molecule has 2 unspecified atom stereocenters. The van der Waals surface area contributed by atoms with Crippen molar-refractivity contribution in [1.82, 2.24) is 0 Å². The molecule has 0 saturated carbocycles. The fraction of sp³-hybridized carbons (Fsp3) is 0.455. The quantitative estimate of drug-likeness (QED) is 0.751. The third-order valence-corrected chi connectivity index (χ3v) is 3.93. The molecular weight excluding hydrogens is 282 g/mol. The number of halogens is 3. The molecule has 1 aliphatic rings. The van der Waals surface area contributed by atoms with Crippen molar-refractivity contribution in [3.05, 3.63) is 34.1 Å². The second kappa shape index (κ2) is 4.81. The molecule has 1 saturated heterocycles. The number of hydrogen-bond acceptors (Lipinski definition) is 1. The Hall–Kier alpha value is -0.120. The van der Waals surface area contributed by atoms with E-state index in [1.54, 1.807) is 6.07 Å². The minimum atomic E-state index is -0.253. The van der Waals surface area contributed by atoms with E-state index in [-0.39, 0.29) is 17.8 Å². The van der Waals surface area contributed by atoms with Gasteiger partial charge in [-0.05, 0) is 34.0 Å². The fourth-order valence-electron chi connectivity index (χ4n) is 1.88. The van der Waals surface area contributed by atoms with Crippen LogP contribution in [0.1, 0.15) is 18.1 Å². The molecule has 1 aliphatic heterocycles. The van der Waals surface area contributed by atoms with E-state index in [1.807, 2.05) is 6.07 Å². The standard InChI is InChI=1S/C11H11BrClFO/c12-10-8(2-1-3-9(10)14)11-7(6-13)4-5-15-11/h1-3,7,11H,4-6H2. The zero-order valence-electron chi connectivity index (χ0n) is 8.05. The summed E-state index contributed by atoms with van der Waals surface area (Å²) in [5, 5.41) is 0. The minimum absolute atomic E-state index is 0.0763. The number of rotatable bonds is 2. The predicted octanol–water partition coefficient (Wildman–Crippen LogP) is 3.90. The normalized spacial score (nSPS) is 25.8. The Morgan fingerprint density at radius 1 is 1.53 bits per heavy atom. The molecule has 1 heterocycles. The maximum atomic E-state index is 13.3. The van der Waals surface area contributed by atoms with Gasteiger partial charge >= 0.3 is 0 Å². The predicted molar refractivity (Wildman–Crippen MR) is 61.6 cm³/mol. The molecule has 0 bridgehead atoms. The summed E-state index contributed by atoms with van der Waals surface area (Å²) in [6, 6.07) is 5.00. The molecule has 1 aromatic rings. The largest absolute Gasteiger partial charge is 0.373 e. The molecule has 2 rings (SSSR count). The average Bonchev–Trinajstić information content (AvgIpc) is 2.70. The lowest BCUT2D eigenvalue weighted by Crippen LogP contribution is -2.10. The van der Waals surface area contributed by atoms with Gasteiger partial charge in [-0.15, -0.1) is 11.6 Å². The third-order valence-electron chi connectivity index (χ3n) is 2.70. The summed E-state index contributed by atoms with van der Waals surface area (Å²) < 4.78 is 19.4. The Balaban J connectivity index is 2.32. The Kier molecular flexibility index (Phi) is 3.65. The van der Waals surface area contributed by atoms with Gasteiger partial charge < -0.3 is 4.74 Å². The van der Waals surface area contributed by atoms with E-state index in [2.05, 4.69) is 15.9 Å². The Morgan fingerprint density at radius 3 is 3.07 bits per heavy atom. The van der Waals surface area contributed by atoms with Crippen LogP contribution in [0.5, 0.6) is 0 Å². The Labute approximate surface area is 102 Å². The molecule has 0 amide bonds. The van der Waals surface area contributed by atoms with Crippen molar-refractivity contribution in [2.45, 2.75) is 12.5 Å². The molecule has 2 atom stereocenters. The van der Waals surface area contributed by atoms with Gasteiger partial charge in [0.2, 0.25) is 0 Å². The SMILES string of the molecule is Fc1cccc(C2OCCC2CCl)c1Br. The van der Waals surface area contributed by atoms with Crippen molar-refractivity contribution in [3.63, 3.8) is 0 Å². The maximum Gasteiger partial charge on any atom is 0.137 e. The molecule has 0 radical (unpaired) electrons. The first-order chi connectivity index (χ1) is 7.24. The molecule has 15 heavy (non-hydrogen) atoms. The van der Waals surface area contributed by atoms with Crippen LogP contribution in [0.15, 0.2) is 22.7 Å². The first-order valence-electron chi connectivity index (χ1n) is 4.85. The smallest absolute Gasteiger partial charge is 0.137 e. The van der Waals surface area contributed by atoms with Crippen LogP contribution in [0.25, 0.3) is 0 Å². The molecule has 0 spiro atoms. The van der Waals surface area contributed by atoms with Gasteiger partial charge in [0.15, 0.2) is 0 Å².